The number of aromatic nitrogens is 2. The summed E-state index contributed by atoms with van der Waals surface area (Å²) in [7, 11) is 0. The van der Waals surface area contributed by atoms with Gasteiger partial charge in [-0.05, 0) is 42.8 Å². The minimum Gasteiger partial charge on any atom is -0.487 e. The predicted octanol–water partition coefficient (Wildman–Crippen LogP) is 6.90. The lowest BCUT2D eigenvalue weighted by Crippen LogP contribution is -2.38. The van der Waals surface area contributed by atoms with Crippen molar-refractivity contribution in [3.05, 3.63) is 57.5 Å². The molecule has 1 aliphatic heterocycles. The number of hydrogen-bond acceptors (Lipinski definition) is 5. The van der Waals surface area contributed by atoms with Crippen molar-refractivity contribution in [3.8, 4) is 16.3 Å². The molecule has 1 saturated heterocycles. The number of hydrogen-bond donors (Lipinski definition) is 0. The molecule has 0 bridgehead atoms. The highest BCUT2D eigenvalue weighted by atomic mass is 35.5. The normalized spacial score (nSPS) is 14.8. The second kappa shape index (κ2) is 9.99. The van der Waals surface area contributed by atoms with Crippen molar-refractivity contribution in [2.45, 2.75) is 45.1 Å². The zero-order chi connectivity index (χ0) is 20.9. The maximum Gasteiger partial charge on any atom is 0.156 e. The maximum atomic E-state index is 6.24. The van der Waals surface area contributed by atoms with Crippen LogP contribution < -0.4 is 9.64 Å². The average Bonchev–Trinajstić information content (AvgIpc) is 3.25. The van der Waals surface area contributed by atoms with E-state index in [1.54, 1.807) is 11.3 Å². The molecule has 1 fully saturated rings. The van der Waals surface area contributed by atoms with E-state index in [1.807, 2.05) is 18.2 Å². The van der Waals surface area contributed by atoms with Gasteiger partial charge in [0.15, 0.2) is 5.75 Å². The molecule has 0 amide bonds. The molecule has 0 N–H and O–H groups in total. The number of nitrogens with zero attached hydrogens (tertiary/aromatic N) is 3. The molecule has 0 spiro atoms. The lowest BCUT2D eigenvalue weighted by molar-refractivity contribution is 0.171. The van der Waals surface area contributed by atoms with Crippen LogP contribution in [-0.2, 0) is 6.42 Å². The van der Waals surface area contributed by atoms with Crippen molar-refractivity contribution in [3.63, 3.8) is 0 Å². The van der Waals surface area contributed by atoms with Crippen LogP contribution in [0, 0.1) is 0 Å². The predicted molar refractivity (Wildman–Crippen MR) is 126 cm³/mol. The number of piperidine rings is 1. The first kappa shape index (κ1) is 21.4. The molecule has 30 heavy (non-hydrogen) atoms. The average molecular weight is 462 g/mol. The Bertz CT molecular complexity index is 949. The summed E-state index contributed by atoms with van der Waals surface area (Å²) >= 11 is 14.2. The number of anilines is 1. The molecule has 0 unspecified atom stereocenters. The summed E-state index contributed by atoms with van der Waals surface area (Å²) < 4.78 is 6.10. The van der Waals surface area contributed by atoms with Crippen LogP contribution >= 0.6 is 34.5 Å². The lowest BCUT2D eigenvalue weighted by Gasteiger charge is -2.34. The van der Waals surface area contributed by atoms with Gasteiger partial charge in [-0.3, -0.25) is 0 Å². The molecule has 1 aliphatic rings. The van der Waals surface area contributed by atoms with Crippen molar-refractivity contribution in [2.24, 2.45) is 0 Å². The van der Waals surface area contributed by atoms with Crippen LogP contribution in [-0.4, -0.2) is 29.4 Å². The highest BCUT2D eigenvalue weighted by molar-refractivity contribution is 7.14. The lowest BCUT2D eigenvalue weighted by atomic mass is 10.1. The molecular formula is C23H25Cl2N3OS. The Labute approximate surface area is 191 Å². The van der Waals surface area contributed by atoms with Crippen LogP contribution in [0.4, 0.5) is 5.69 Å². The van der Waals surface area contributed by atoms with Gasteiger partial charge in [-0.25, -0.2) is 0 Å². The molecule has 0 radical (unpaired) electrons. The van der Waals surface area contributed by atoms with E-state index >= 15 is 0 Å². The SMILES string of the molecule is CCCCc1nnc(-c2ccc(N3CCC(Oc4c(Cl)cccc4Cl)CC3)cc2)s1. The Morgan fingerprint density at radius 2 is 1.73 bits per heavy atom. The van der Waals surface area contributed by atoms with E-state index in [9.17, 15) is 0 Å². The highest BCUT2D eigenvalue weighted by Crippen LogP contribution is 2.35. The van der Waals surface area contributed by atoms with Crippen LogP contribution in [0.5, 0.6) is 5.75 Å². The van der Waals surface area contributed by atoms with E-state index in [0.29, 0.717) is 15.8 Å². The molecule has 0 saturated carbocycles. The largest absolute Gasteiger partial charge is 0.487 e. The molecule has 158 valence electrons. The van der Waals surface area contributed by atoms with Gasteiger partial charge in [0.25, 0.3) is 0 Å². The number of unbranched alkanes of at least 4 members (excludes halogenated alkanes) is 1. The Morgan fingerprint density at radius 3 is 2.40 bits per heavy atom. The number of halogens is 2. The second-order valence-corrected chi connectivity index (χ2v) is 9.38. The van der Waals surface area contributed by atoms with Crippen LogP contribution in [0.2, 0.25) is 10.0 Å². The van der Waals surface area contributed by atoms with Gasteiger partial charge in [0.05, 0.1) is 10.0 Å². The van der Waals surface area contributed by atoms with E-state index in [-0.39, 0.29) is 6.10 Å². The smallest absolute Gasteiger partial charge is 0.156 e. The van der Waals surface area contributed by atoms with Crippen molar-refractivity contribution < 1.29 is 4.74 Å². The van der Waals surface area contributed by atoms with Gasteiger partial charge < -0.3 is 9.64 Å². The summed E-state index contributed by atoms with van der Waals surface area (Å²) in [6, 6.07) is 14.1. The molecule has 2 heterocycles. The fourth-order valence-corrected chi connectivity index (χ4v) is 4.98. The Balaban J connectivity index is 1.34. The zero-order valence-electron chi connectivity index (χ0n) is 17.0. The van der Waals surface area contributed by atoms with Gasteiger partial charge in [-0.15, -0.1) is 10.2 Å². The van der Waals surface area contributed by atoms with E-state index in [4.69, 9.17) is 27.9 Å². The van der Waals surface area contributed by atoms with Gasteiger partial charge in [-0.1, -0.05) is 53.9 Å². The Hall–Kier alpha value is -1.82. The highest BCUT2D eigenvalue weighted by Gasteiger charge is 2.22. The standard InChI is InChI=1S/C23H25Cl2N3OS/c1-2-3-7-21-26-27-23(30-21)16-8-10-17(11-9-16)28-14-12-18(13-15-28)29-22-19(24)5-4-6-20(22)25/h4-6,8-11,18H,2-3,7,12-15H2,1H3. The third kappa shape index (κ3) is 5.08. The first-order valence-corrected chi connectivity index (χ1v) is 12.0. The molecule has 0 atom stereocenters. The molecular weight excluding hydrogens is 437 g/mol. The quantitative estimate of drug-likeness (QED) is 0.383. The van der Waals surface area contributed by atoms with Gasteiger partial charge in [-0.2, -0.15) is 0 Å². The van der Waals surface area contributed by atoms with E-state index in [1.165, 1.54) is 12.1 Å². The topological polar surface area (TPSA) is 38.2 Å². The van der Waals surface area contributed by atoms with E-state index in [2.05, 4.69) is 46.3 Å². The number of ether oxygens (including phenoxy) is 1. The number of aryl methyl sites for hydroxylation is 1. The fourth-order valence-electron chi connectivity index (χ4n) is 3.61. The van der Waals surface area contributed by atoms with Crippen LogP contribution in [0.15, 0.2) is 42.5 Å². The summed E-state index contributed by atoms with van der Waals surface area (Å²) in [6.45, 7) is 4.07. The molecule has 0 aliphatic carbocycles. The minimum atomic E-state index is 0.126. The molecule has 4 rings (SSSR count). The zero-order valence-corrected chi connectivity index (χ0v) is 19.3. The maximum absolute atomic E-state index is 6.24. The first-order chi connectivity index (χ1) is 14.6. The van der Waals surface area contributed by atoms with Crippen LogP contribution in [0.25, 0.3) is 10.6 Å². The van der Waals surface area contributed by atoms with Crippen molar-refractivity contribution >= 4 is 40.2 Å². The first-order valence-electron chi connectivity index (χ1n) is 10.4. The molecule has 7 heteroatoms. The fraction of sp³-hybridized carbons (Fsp3) is 0.391. The Kier molecular flexibility index (Phi) is 7.13. The number of rotatable bonds is 7. The van der Waals surface area contributed by atoms with Crippen LogP contribution in [0.3, 0.4) is 0 Å². The van der Waals surface area contributed by atoms with Gasteiger partial charge >= 0.3 is 0 Å². The number of benzene rings is 2. The van der Waals surface area contributed by atoms with Crippen molar-refractivity contribution in [1.82, 2.24) is 10.2 Å². The monoisotopic (exact) mass is 461 g/mol. The second-order valence-electron chi connectivity index (χ2n) is 7.51. The van der Waals surface area contributed by atoms with Gasteiger partial charge in [0, 0.05) is 43.6 Å². The summed E-state index contributed by atoms with van der Waals surface area (Å²) in [5, 5.41) is 11.9. The molecule has 2 aromatic carbocycles. The minimum absolute atomic E-state index is 0.126. The molecule has 1 aromatic heterocycles. The van der Waals surface area contributed by atoms with Crippen molar-refractivity contribution in [1.29, 1.82) is 0 Å². The summed E-state index contributed by atoms with van der Waals surface area (Å²) in [5.41, 5.74) is 2.36. The van der Waals surface area contributed by atoms with Gasteiger partial charge in [0.1, 0.15) is 16.1 Å². The van der Waals surface area contributed by atoms with E-state index < -0.39 is 0 Å². The van der Waals surface area contributed by atoms with Gasteiger partial charge in [0.2, 0.25) is 0 Å². The molecule has 3 aromatic rings. The van der Waals surface area contributed by atoms with E-state index in [0.717, 1.165) is 54.4 Å². The van der Waals surface area contributed by atoms with Crippen molar-refractivity contribution in [2.75, 3.05) is 18.0 Å². The Morgan fingerprint density at radius 1 is 1.03 bits per heavy atom. The summed E-state index contributed by atoms with van der Waals surface area (Å²) in [5.74, 6) is 0.596. The third-order valence-corrected chi connectivity index (χ3v) is 6.96. The third-order valence-electron chi connectivity index (χ3n) is 5.34. The summed E-state index contributed by atoms with van der Waals surface area (Å²) in [4.78, 5) is 2.39. The summed E-state index contributed by atoms with van der Waals surface area (Å²) in [6.07, 6.45) is 5.34. The van der Waals surface area contributed by atoms with Crippen LogP contribution in [0.1, 0.15) is 37.6 Å². The molecule has 4 nitrogen and oxygen atoms in total. The number of para-hydroxylation sites is 1.